The van der Waals surface area contributed by atoms with Gasteiger partial charge in [0.15, 0.2) is 15.8 Å². The van der Waals surface area contributed by atoms with Crippen LogP contribution in [0.25, 0.3) is 0 Å². The lowest BCUT2D eigenvalue weighted by atomic mass is 10.4. The molecule has 0 aromatic rings. The number of halogens is 1. The van der Waals surface area contributed by atoms with Gasteiger partial charge in [0.05, 0.1) is 24.6 Å². The third-order valence-corrected chi connectivity index (χ3v) is 5.91. The summed E-state index contributed by atoms with van der Waals surface area (Å²) in [6, 6.07) is 0. The Balaban J connectivity index is 0.00000625. The van der Waals surface area contributed by atoms with Crippen molar-refractivity contribution in [1.82, 2.24) is 20.0 Å². The molecule has 1 fully saturated rings. The average Bonchev–Trinajstić information content (AvgIpc) is 2.56. The first kappa shape index (κ1) is 25.4. The lowest BCUT2D eigenvalue weighted by Crippen LogP contribution is -2.46. The van der Waals surface area contributed by atoms with Crippen molar-refractivity contribution in [2.45, 2.75) is 20.8 Å². The normalized spacial score (nSPS) is 17.3. The molecule has 1 N–H and O–H groups in total. The summed E-state index contributed by atoms with van der Waals surface area (Å²) >= 11 is 0. The van der Waals surface area contributed by atoms with E-state index < -0.39 is 9.84 Å². The van der Waals surface area contributed by atoms with E-state index in [-0.39, 0.29) is 47.9 Å². The molecule has 0 aromatic carbocycles. The van der Waals surface area contributed by atoms with Crippen LogP contribution >= 0.6 is 24.0 Å². The van der Waals surface area contributed by atoms with Gasteiger partial charge in [-0.1, -0.05) is 0 Å². The van der Waals surface area contributed by atoms with Crippen LogP contribution in [0.3, 0.4) is 0 Å². The van der Waals surface area contributed by atoms with E-state index >= 15 is 0 Å². The summed E-state index contributed by atoms with van der Waals surface area (Å²) < 4.78 is 22.9. The molecule has 10 heteroatoms. The Morgan fingerprint density at radius 3 is 2.23 bits per heavy atom. The Kier molecular flexibility index (Phi) is 12.4. The Morgan fingerprint density at radius 1 is 1.15 bits per heavy atom. The number of nitrogens with one attached hydrogen (secondary N) is 1. The molecule has 0 unspecified atom stereocenters. The zero-order valence-electron chi connectivity index (χ0n) is 16.4. The average molecular weight is 503 g/mol. The highest BCUT2D eigenvalue weighted by atomic mass is 127. The van der Waals surface area contributed by atoms with Crippen LogP contribution in [-0.4, -0.2) is 106 Å². The highest BCUT2D eigenvalue weighted by Crippen LogP contribution is 2.03. The maximum atomic E-state index is 12.2. The molecule has 0 atom stereocenters. The molecule has 0 radical (unpaired) electrons. The van der Waals surface area contributed by atoms with E-state index in [1.807, 2.05) is 32.7 Å². The minimum atomic E-state index is -2.85. The predicted octanol–water partition coefficient (Wildman–Crippen LogP) is 0.101. The fourth-order valence-electron chi connectivity index (χ4n) is 2.69. The van der Waals surface area contributed by atoms with Crippen molar-refractivity contribution in [2.24, 2.45) is 4.99 Å². The number of nitrogens with zero attached hydrogens (tertiary/aromatic N) is 4. The zero-order chi connectivity index (χ0) is 18.9. The summed E-state index contributed by atoms with van der Waals surface area (Å²) in [5, 5.41) is 3.20. The van der Waals surface area contributed by atoms with Gasteiger partial charge in [0.2, 0.25) is 5.91 Å². The van der Waals surface area contributed by atoms with Gasteiger partial charge < -0.3 is 15.1 Å². The molecule has 26 heavy (non-hydrogen) atoms. The van der Waals surface area contributed by atoms with Gasteiger partial charge in [-0.25, -0.2) is 8.42 Å². The first-order chi connectivity index (χ1) is 11.8. The molecule has 0 aromatic heterocycles. The van der Waals surface area contributed by atoms with Crippen LogP contribution in [0.5, 0.6) is 0 Å². The van der Waals surface area contributed by atoms with E-state index in [1.54, 1.807) is 4.90 Å². The Hall–Kier alpha value is -0.620. The standard InChI is InChI=1S/C16H33N5O3S.HI/c1-5-17-16(19(4)14-15(22)21(6-2)7-3)18-8-9-20-10-12-25(23,24)13-11-20;/h5-14H2,1-4H3,(H,17,18);1H. The summed E-state index contributed by atoms with van der Waals surface area (Å²) in [4.78, 5) is 22.6. The highest BCUT2D eigenvalue weighted by Gasteiger charge is 2.21. The van der Waals surface area contributed by atoms with E-state index in [2.05, 4.69) is 15.2 Å². The molecule has 1 rings (SSSR count). The summed E-state index contributed by atoms with van der Waals surface area (Å²) in [5.41, 5.74) is 0. The number of sulfone groups is 1. The van der Waals surface area contributed by atoms with Crippen molar-refractivity contribution in [3.63, 3.8) is 0 Å². The minimum Gasteiger partial charge on any atom is -0.357 e. The Bertz CT molecular complexity index is 538. The quantitative estimate of drug-likeness (QED) is 0.288. The lowest BCUT2D eigenvalue weighted by molar-refractivity contribution is -0.131. The minimum absolute atomic E-state index is 0. The van der Waals surface area contributed by atoms with Crippen LogP contribution in [0.1, 0.15) is 20.8 Å². The lowest BCUT2D eigenvalue weighted by Gasteiger charge is -2.27. The van der Waals surface area contributed by atoms with E-state index in [1.165, 1.54) is 0 Å². The van der Waals surface area contributed by atoms with Gasteiger partial charge in [0.1, 0.15) is 0 Å². The smallest absolute Gasteiger partial charge is 0.242 e. The number of guanidine groups is 1. The van der Waals surface area contributed by atoms with Gasteiger partial charge in [-0.15, -0.1) is 24.0 Å². The second-order valence-corrected chi connectivity index (χ2v) is 8.45. The number of carbonyl (C=O) groups excluding carboxylic acids is 1. The molecule has 0 aliphatic carbocycles. The Labute approximate surface area is 175 Å². The van der Waals surface area contributed by atoms with Crippen LogP contribution < -0.4 is 5.32 Å². The molecule has 1 heterocycles. The number of carbonyl (C=O) groups is 1. The first-order valence-corrected chi connectivity index (χ1v) is 10.8. The zero-order valence-corrected chi connectivity index (χ0v) is 19.5. The van der Waals surface area contributed by atoms with Crippen LogP contribution in [0.2, 0.25) is 0 Å². The van der Waals surface area contributed by atoms with Crippen molar-refractivity contribution in [1.29, 1.82) is 0 Å². The van der Waals surface area contributed by atoms with Crippen LogP contribution in [0, 0.1) is 0 Å². The molecule has 1 saturated heterocycles. The SMILES string of the molecule is CCNC(=NCCN1CCS(=O)(=O)CC1)N(C)CC(=O)N(CC)CC.I. The number of amides is 1. The van der Waals surface area contributed by atoms with Gasteiger partial charge >= 0.3 is 0 Å². The summed E-state index contributed by atoms with van der Waals surface area (Å²) in [7, 11) is -0.989. The van der Waals surface area contributed by atoms with Gasteiger partial charge in [-0.3, -0.25) is 14.7 Å². The number of hydrogen-bond acceptors (Lipinski definition) is 5. The largest absolute Gasteiger partial charge is 0.357 e. The van der Waals surface area contributed by atoms with Crippen molar-refractivity contribution in [3.05, 3.63) is 0 Å². The van der Waals surface area contributed by atoms with E-state index in [9.17, 15) is 13.2 Å². The summed E-state index contributed by atoms with van der Waals surface area (Å²) in [5.74, 6) is 1.25. The van der Waals surface area contributed by atoms with E-state index in [4.69, 9.17) is 0 Å². The van der Waals surface area contributed by atoms with E-state index in [0.717, 1.165) is 13.1 Å². The number of hydrogen-bond donors (Lipinski definition) is 1. The van der Waals surface area contributed by atoms with Crippen LogP contribution in [0.4, 0.5) is 0 Å². The molecule has 0 bridgehead atoms. The second kappa shape index (κ2) is 12.7. The topological polar surface area (TPSA) is 85.3 Å². The van der Waals surface area contributed by atoms with E-state index in [0.29, 0.717) is 38.7 Å². The highest BCUT2D eigenvalue weighted by molar-refractivity contribution is 14.0. The monoisotopic (exact) mass is 503 g/mol. The van der Waals surface area contributed by atoms with Gasteiger partial charge in [-0.05, 0) is 20.8 Å². The van der Waals surface area contributed by atoms with Crippen molar-refractivity contribution >= 4 is 45.7 Å². The molecular formula is C16H34IN5O3S. The molecule has 8 nitrogen and oxygen atoms in total. The molecular weight excluding hydrogens is 469 g/mol. The molecule has 0 saturated carbocycles. The second-order valence-electron chi connectivity index (χ2n) is 6.15. The van der Waals surface area contributed by atoms with Gasteiger partial charge in [0, 0.05) is 46.3 Å². The third-order valence-electron chi connectivity index (χ3n) is 4.30. The molecule has 154 valence electrons. The summed E-state index contributed by atoms with van der Waals surface area (Å²) in [6.07, 6.45) is 0. The van der Waals surface area contributed by atoms with Crippen molar-refractivity contribution in [2.75, 3.05) is 70.9 Å². The van der Waals surface area contributed by atoms with Gasteiger partial charge in [0.25, 0.3) is 0 Å². The third kappa shape index (κ3) is 8.85. The molecule has 1 aliphatic rings. The van der Waals surface area contributed by atoms with Crippen molar-refractivity contribution in [3.8, 4) is 0 Å². The fourth-order valence-corrected chi connectivity index (χ4v) is 3.97. The summed E-state index contributed by atoms with van der Waals surface area (Å²) in [6.45, 7) is 10.8. The first-order valence-electron chi connectivity index (χ1n) is 9.02. The van der Waals surface area contributed by atoms with Crippen LogP contribution in [0.15, 0.2) is 4.99 Å². The van der Waals surface area contributed by atoms with Gasteiger partial charge in [-0.2, -0.15) is 0 Å². The van der Waals surface area contributed by atoms with Crippen molar-refractivity contribution < 1.29 is 13.2 Å². The van der Waals surface area contributed by atoms with Crippen LogP contribution in [-0.2, 0) is 14.6 Å². The number of rotatable bonds is 8. The predicted molar refractivity (Wildman–Crippen MR) is 117 cm³/mol. The molecule has 1 aliphatic heterocycles. The number of aliphatic imine (C=N–C) groups is 1. The maximum absolute atomic E-state index is 12.2. The fraction of sp³-hybridized carbons (Fsp3) is 0.875. The maximum Gasteiger partial charge on any atom is 0.242 e. The molecule has 0 spiro atoms. The Morgan fingerprint density at radius 2 is 1.73 bits per heavy atom. The molecule has 1 amide bonds. The number of likely N-dealkylation sites (N-methyl/N-ethyl adjacent to an activating group) is 2.